The minimum absolute atomic E-state index is 0.0481. The lowest BCUT2D eigenvalue weighted by atomic mass is 9.85. The third-order valence-corrected chi connectivity index (χ3v) is 2.79. The Balaban J connectivity index is 2.27. The van der Waals surface area contributed by atoms with Crippen molar-refractivity contribution in [3.63, 3.8) is 0 Å². The maximum Gasteiger partial charge on any atom is 0.303 e. The van der Waals surface area contributed by atoms with E-state index in [2.05, 4.69) is 9.97 Å². The summed E-state index contributed by atoms with van der Waals surface area (Å²) in [6.45, 7) is 3.70. The highest BCUT2D eigenvalue weighted by atomic mass is 19.1. The molecule has 0 aliphatic carbocycles. The molecule has 1 heterocycles. The Morgan fingerprint density at radius 2 is 2.22 bits per heavy atom. The molecule has 2 aromatic rings. The number of benzene rings is 1. The number of H-pyrrole nitrogens is 1. The van der Waals surface area contributed by atoms with Crippen LogP contribution in [-0.2, 0) is 11.2 Å². The predicted octanol–water partition coefficient (Wildman–Crippen LogP) is 2.75. The van der Waals surface area contributed by atoms with E-state index in [9.17, 15) is 9.18 Å². The largest absolute Gasteiger partial charge is 0.481 e. The number of hydrogen-bond donors (Lipinski definition) is 2. The average molecular weight is 250 g/mol. The van der Waals surface area contributed by atoms with Gasteiger partial charge in [-0.3, -0.25) is 4.79 Å². The number of aromatic amines is 1. The van der Waals surface area contributed by atoms with Crippen LogP contribution in [0.2, 0.25) is 0 Å². The van der Waals surface area contributed by atoms with Gasteiger partial charge >= 0.3 is 5.97 Å². The number of imidazole rings is 1. The van der Waals surface area contributed by atoms with Gasteiger partial charge in [0.05, 0.1) is 11.9 Å². The monoisotopic (exact) mass is 250 g/mol. The lowest BCUT2D eigenvalue weighted by Crippen LogP contribution is -2.20. The van der Waals surface area contributed by atoms with E-state index in [0.29, 0.717) is 23.3 Å². The van der Waals surface area contributed by atoms with Gasteiger partial charge in [-0.2, -0.15) is 0 Å². The maximum atomic E-state index is 13.5. The number of nitrogens with zero attached hydrogens (tertiary/aromatic N) is 1. The van der Waals surface area contributed by atoms with Gasteiger partial charge in [-0.25, -0.2) is 9.37 Å². The molecule has 96 valence electrons. The summed E-state index contributed by atoms with van der Waals surface area (Å²) in [7, 11) is 0. The first kappa shape index (κ1) is 12.5. The zero-order valence-electron chi connectivity index (χ0n) is 10.3. The van der Waals surface area contributed by atoms with Gasteiger partial charge in [0.25, 0.3) is 0 Å². The van der Waals surface area contributed by atoms with Crippen LogP contribution in [0.25, 0.3) is 11.0 Å². The second kappa shape index (κ2) is 4.40. The van der Waals surface area contributed by atoms with Crippen LogP contribution in [0.1, 0.15) is 26.1 Å². The molecule has 0 aliphatic rings. The van der Waals surface area contributed by atoms with Gasteiger partial charge < -0.3 is 10.1 Å². The van der Waals surface area contributed by atoms with Crippen LogP contribution in [0.5, 0.6) is 0 Å². The van der Waals surface area contributed by atoms with Gasteiger partial charge in [-0.1, -0.05) is 19.9 Å². The molecule has 0 atom stereocenters. The summed E-state index contributed by atoms with van der Waals surface area (Å²) >= 11 is 0. The number of hydrogen-bond acceptors (Lipinski definition) is 2. The molecule has 0 amide bonds. The third-order valence-electron chi connectivity index (χ3n) is 2.79. The van der Waals surface area contributed by atoms with E-state index in [-0.39, 0.29) is 12.2 Å². The molecule has 0 radical (unpaired) electrons. The normalized spacial score (nSPS) is 11.9. The number of halogens is 1. The molecule has 0 unspecified atom stereocenters. The van der Waals surface area contributed by atoms with Crippen molar-refractivity contribution in [1.29, 1.82) is 0 Å². The number of para-hydroxylation sites is 1. The number of aromatic nitrogens is 2. The topological polar surface area (TPSA) is 66.0 Å². The Labute approximate surface area is 104 Å². The highest BCUT2D eigenvalue weighted by molar-refractivity contribution is 5.75. The molecule has 0 saturated carbocycles. The lowest BCUT2D eigenvalue weighted by molar-refractivity contribution is -0.139. The Kier molecular flexibility index (Phi) is 3.07. The fourth-order valence-electron chi connectivity index (χ4n) is 2.06. The lowest BCUT2D eigenvalue weighted by Gasteiger charge is -2.20. The van der Waals surface area contributed by atoms with Crippen molar-refractivity contribution in [2.75, 3.05) is 0 Å². The van der Waals surface area contributed by atoms with Crippen LogP contribution >= 0.6 is 0 Å². The molecular formula is C13H15FN2O2. The molecule has 2 rings (SSSR count). The molecule has 18 heavy (non-hydrogen) atoms. The van der Waals surface area contributed by atoms with E-state index in [1.54, 1.807) is 12.1 Å². The summed E-state index contributed by atoms with van der Waals surface area (Å²) in [6.07, 6.45) is 0.514. The van der Waals surface area contributed by atoms with Gasteiger partial charge in [0.1, 0.15) is 11.3 Å². The smallest absolute Gasteiger partial charge is 0.303 e. The molecule has 2 N–H and O–H groups in total. The molecule has 0 saturated heterocycles. The van der Waals surface area contributed by atoms with Crippen LogP contribution < -0.4 is 0 Å². The molecule has 4 nitrogen and oxygen atoms in total. The SMILES string of the molecule is CC(C)(CC(=O)O)Cc1nc2c(F)cccc2[nH]1. The number of nitrogens with one attached hydrogen (secondary N) is 1. The van der Waals surface area contributed by atoms with Crippen molar-refractivity contribution in [2.24, 2.45) is 5.41 Å². The summed E-state index contributed by atoms with van der Waals surface area (Å²) in [5.74, 6) is -0.602. The van der Waals surface area contributed by atoms with Gasteiger partial charge in [0, 0.05) is 6.42 Å². The van der Waals surface area contributed by atoms with Crippen LogP contribution in [-0.4, -0.2) is 21.0 Å². The first-order chi connectivity index (χ1) is 8.37. The highest BCUT2D eigenvalue weighted by Crippen LogP contribution is 2.26. The van der Waals surface area contributed by atoms with Crippen LogP contribution in [0.4, 0.5) is 4.39 Å². The molecule has 5 heteroatoms. The average Bonchev–Trinajstić information content (AvgIpc) is 2.58. The van der Waals surface area contributed by atoms with Crippen molar-refractivity contribution in [2.45, 2.75) is 26.7 Å². The number of carboxylic acids is 1. The predicted molar refractivity (Wildman–Crippen MR) is 65.8 cm³/mol. The minimum Gasteiger partial charge on any atom is -0.481 e. The Morgan fingerprint density at radius 1 is 1.50 bits per heavy atom. The Morgan fingerprint density at radius 3 is 2.83 bits per heavy atom. The Bertz CT molecular complexity index is 590. The first-order valence-electron chi connectivity index (χ1n) is 5.72. The number of aliphatic carboxylic acids is 1. The summed E-state index contributed by atoms with van der Waals surface area (Å²) in [6, 6.07) is 4.72. The molecular weight excluding hydrogens is 235 g/mol. The molecule has 0 aliphatic heterocycles. The quantitative estimate of drug-likeness (QED) is 0.876. The van der Waals surface area contributed by atoms with E-state index in [1.165, 1.54) is 6.07 Å². The van der Waals surface area contributed by atoms with E-state index in [4.69, 9.17) is 5.11 Å². The van der Waals surface area contributed by atoms with E-state index < -0.39 is 11.4 Å². The third kappa shape index (κ3) is 2.67. The van der Waals surface area contributed by atoms with Gasteiger partial charge in [0.2, 0.25) is 0 Å². The van der Waals surface area contributed by atoms with E-state index >= 15 is 0 Å². The minimum atomic E-state index is -0.845. The summed E-state index contributed by atoms with van der Waals surface area (Å²) in [4.78, 5) is 17.9. The van der Waals surface area contributed by atoms with Crippen LogP contribution in [0.3, 0.4) is 0 Å². The zero-order valence-corrected chi connectivity index (χ0v) is 10.3. The second-order valence-electron chi connectivity index (χ2n) is 5.23. The number of fused-ring (bicyclic) bond motifs is 1. The summed E-state index contributed by atoms with van der Waals surface area (Å²) in [5, 5.41) is 8.82. The summed E-state index contributed by atoms with van der Waals surface area (Å²) in [5.41, 5.74) is 0.519. The van der Waals surface area contributed by atoms with Gasteiger partial charge in [0.15, 0.2) is 5.82 Å². The molecule has 1 aromatic carbocycles. The molecule has 1 aromatic heterocycles. The van der Waals surface area contributed by atoms with Gasteiger partial charge in [-0.15, -0.1) is 0 Å². The van der Waals surface area contributed by atoms with Crippen molar-refractivity contribution in [3.8, 4) is 0 Å². The number of carboxylic acid groups (broad SMARTS) is 1. The highest BCUT2D eigenvalue weighted by Gasteiger charge is 2.24. The fraction of sp³-hybridized carbons (Fsp3) is 0.385. The van der Waals surface area contributed by atoms with Crippen molar-refractivity contribution in [3.05, 3.63) is 29.8 Å². The molecule has 0 bridgehead atoms. The van der Waals surface area contributed by atoms with Crippen molar-refractivity contribution in [1.82, 2.24) is 9.97 Å². The zero-order chi connectivity index (χ0) is 13.3. The van der Waals surface area contributed by atoms with E-state index in [0.717, 1.165) is 0 Å². The Hall–Kier alpha value is -1.91. The van der Waals surface area contributed by atoms with Crippen LogP contribution in [0, 0.1) is 11.2 Å². The van der Waals surface area contributed by atoms with Crippen LogP contribution in [0.15, 0.2) is 18.2 Å². The van der Waals surface area contributed by atoms with Gasteiger partial charge in [-0.05, 0) is 17.5 Å². The molecule has 0 fully saturated rings. The summed E-state index contributed by atoms with van der Waals surface area (Å²) < 4.78 is 13.5. The second-order valence-corrected chi connectivity index (χ2v) is 5.23. The molecule has 0 spiro atoms. The first-order valence-corrected chi connectivity index (χ1v) is 5.72. The van der Waals surface area contributed by atoms with E-state index in [1.807, 2.05) is 13.8 Å². The number of carbonyl (C=O) groups is 1. The van der Waals surface area contributed by atoms with Crippen molar-refractivity contribution < 1.29 is 14.3 Å². The maximum absolute atomic E-state index is 13.5. The standard InChI is InChI=1S/C13H15FN2O2/c1-13(2,7-11(17)18)6-10-15-9-5-3-4-8(14)12(9)16-10/h3-5H,6-7H2,1-2H3,(H,15,16)(H,17,18). The number of rotatable bonds is 4. The van der Waals surface area contributed by atoms with Crippen molar-refractivity contribution >= 4 is 17.0 Å². The fourth-order valence-corrected chi connectivity index (χ4v) is 2.06.